The molecule has 4 heteroatoms. The Morgan fingerprint density at radius 2 is 1.10 bits per heavy atom. The van der Waals surface area contributed by atoms with E-state index in [1.165, 1.54) is 33.0 Å². The Bertz CT molecular complexity index is 3510. The maximum Gasteiger partial charge on any atom is 0.160 e. The first-order valence-corrected chi connectivity index (χ1v) is 20.9. The molecular formula is C57H39N3O. The van der Waals surface area contributed by atoms with Crippen molar-refractivity contribution >= 4 is 60.5 Å². The van der Waals surface area contributed by atoms with Gasteiger partial charge in [0, 0.05) is 49.6 Å². The van der Waals surface area contributed by atoms with E-state index in [9.17, 15) is 0 Å². The minimum Gasteiger partial charge on any atom is -0.454 e. The van der Waals surface area contributed by atoms with Crippen LogP contribution in [0.3, 0.4) is 0 Å². The minimum absolute atomic E-state index is 0.151. The molecule has 12 rings (SSSR count). The third-order valence-corrected chi connectivity index (χ3v) is 12.6. The molecule has 2 heterocycles. The molecule has 0 N–H and O–H groups in total. The number of nitrogens with zero attached hydrogens (tertiary/aromatic N) is 3. The number of fused-ring (bicyclic) bond motifs is 8. The molecular weight excluding hydrogens is 743 g/mol. The van der Waals surface area contributed by atoms with Gasteiger partial charge in [-0.25, -0.2) is 9.97 Å². The van der Waals surface area contributed by atoms with Crippen molar-refractivity contribution < 1.29 is 4.42 Å². The summed E-state index contributed by atoms with van der Waals surface area (Å²) in [4.78, 5) is 12.9. The first-order valence-electron chi connectivity index (χ1n) is 20.9. The van der Waals surface area contributed by atoms with Gasteiger partial charge in [-0.05, 0) is 99.1 Å². The Morgan fingerprint density at radius 3 is 1.93 bits per heavy atom. The van der Waals surface area contributed by atoms with Gasteiger partial charge in [-0.2, -0.15) is 0 Å². The number of para-hydroxylation sites is 1. The standard InChI is InChI=1S/C57H39N3O/c1-57(2)49-24-14-13-23-45(49)46-29-28-43(34-50(46)57)60(42-20-7-4-8-21-42)54-44-22-12-11-19-39(44)32-48-47-33-41(27-30-53(47)61-55(48)54)56-58-51(37-16-5-3-6-17-37)35-52(59-56)40-26-25-36-15-9-10-18-38(36)31-40/h3-35H,1-2H3. The van der Waals surface area contributed by atoms with Crippen molar-refractivity contribution in [2.24, 2.45) is 0 Å². The summed E-state index contributed by atoms with van der Waals surface area (Å²) in [6, 6.07) is 71.2. The van der Waals surface area contributed by atoms with Crippen LogP contribution in [0.4, 0.5) is 17.1 Å². The predicted molar refractivity (Wildman–Crippen MR) is 253 cm³/mol. The topological polar surface area (TPSA) is 42.2 Å². The quantitative estimate of drug-likeness (QED) is 0.168. The number of anilines is 3. The van der Waals surface area contributed by atoms with Crippen molar-refractivity contribution in [2.75, 3.05) is 4.90 Å². The fourth-order valence-corrected chi connectivity index (χ4v) is 9.56. The molecule has 0 fully saturated rings. The zero-order valence-corrected chi connectivity index (χ0v) is 33.8. The molecule has 0 radical (unpaired) electrons. The zero-order valence-electron chi connectivity index (χ0n) is 33.8. The Balaban J connectivity index is 1.07. The number of furan rings is 1. The second-order valence-corrected chi connectivity index (χ2v) is 16.6. The average Bonchev–Trinajstić information content (AvgIpc) is 3.79. The fourth-order valence-electron chi connectivity index (χ4n) is 9.56. The summed E-state index contributed by atoms with van der Waals surface area (Å²) < 4.78 is 7.04. The molecule has 0 spiro atoms. The molecule has 0 bridgehead atoms. The highest BCUT2D eigenvalue weighted by Crippen LogP contribution is 2.52. The van der Waals surface area contributed by atoms with Gasteiger partial charge >= 0.3 is 0 Å². The first-order chi connectivity index (χ1) is 30.0. The fraction of sp³-hybridized carbons (Fsp3) is 0.0526. The molecule has 11 aromatic rings. The minimum atomic E-state index is -0.151. The molecule has 0 atom stereocenters. The van der Waals surface area contributed by atoms with Crippen LogP contribution in [0.2, 0.25) is 0 Å². The molecule has 0 unspecified atom stereocenters. The van der Waals surface area contributed by atoms with E-state index in [4.69, 9.17) is 14.4 Å². The van der Waals surface area contributed by atoms with Crippen molar-refractivity contribution in [1.29, 1.82) is 0 Å². The lowest BCUT2D eigenvalue weighted by molar-refractivity contribution is 0.660. The highest BCUT2D eigenvalue weighted by molar-refractivity contribution is 6.19. The number of rotatable bonds is 6. The second-order valence-electron chi connectivity index (χ2n) is 16.6. The number of hydrogen-bond donors (Lipinski definition) is 0. The SMILES string of the molecule is CC1(C)c2ccccc2-c2ccc(N(c3ccccc3)c3c4ccccc4cc4c3oc3ccc(-c5nc(-c6ccccc6)cc(-c6ccc7ccccc7c6)n5)cc34)cc21. The van der Waals surface area contributed by atoms with Crippen LogP contribution >= 0.6 is 0 Å². The van der Waals surface area contributed by atoms with Crippen LogP contribution in [0.15, 0.2) is 205 Å². The van der Waals surface area contributed by atoms with E-state index < -0.39 is 0 Å². The van der Waals surface area contributed by atoms with Crippen molar-refractivity contribution in [3.05, 3.63) is 211 Å². The predicted octanol–water partition coefficient (Wildman–Crippen LogP) is 15.5. The van der Waals surface area contributed by atoms with Gasteiger partial charge in [0.1, 0.15) is 5.58 Å². The van der Waals surface area contributed by atoms with Gasteiger partial charge in [-0.1, -0.05) is 153 Å². The third-order valence-electron chi connectivity index (χ3n) is 12.6. The maximum atomic E-state index is 7.04. The average molecular weight is 782 g/mol. The van der Waals surface area contributed by atoms with E-state index in [-0.39, 0.29) is 5.41 Å². The first kappa shape index (κ1) is 35.2. The maximum absolute atomic E-state index is 7.04. The van der Waals surface area contributed by atoms with E-state index in [0.717, 1.165) is 77.9 Å². The highest BCUT2D eigenvalue weighted by Gasteiger charge is 2.36. The molecule has 61 heavy (non-hydrogen) atoms. The highest BCUT2D eigenvalue weighted by atomic mass is 16.3. The summed E-state index contributed by atoms with van der Waals surface area (Å²) in [5, 5.41) is 6.67. The number of benzene rings is 9. The number of hydrogen-bond acceptors (Lipinski definition) is 4. The Kier molecular flexibility index (Phi) is 7.85. The van der Waals surface area contributed by atoms with Gasteiger partial charge in [-0.3, -0.25) is 0 Å². The smallest absolute Gasteiger partial charge is 0.160 e. The Hall–Kier alpha value is -7.82. The van der Waals surface area contributed by atoms with Gasteiger partial charge in [0.25, 0.3) is 0 Å². The van der Waals surface area contributed by atoms with Crippen LogP contribution in [0.25, 0.3) is 88.5 Å². The van der Waals surface area contributed by atoms with Gasteiger partial charge in [0.15, 0.2) is 11.4 Å². The van der Waals surface area contributed by atoms with Crippen molar-refractivity contribution in [2.45, 2.75) is 19.3 Å². The van der Waals surface area contributed by atoms with E-state index in [0.29, 0.717) is 5.82 Å². The lowest BCUT2D eigenvalue weighted by Gasteiger charge is -2.29. The van der Waals surface area contributed by atoms with Crippen LogP contribution in [0, 0.1) is 0 Å². The Morgan fingerprint density at radius 1 is 0.426 bits per heavy atom. The molecule has 0 aliphatic heterocycles. The van der Waals surface area contributed by atoms with Crippen molar-refractivity contribution in [1.82, 2.24) is 9.97 Å². The molecule has 1 aliphatic carbocycles. The van der Waals surface area contributed by atoms with Crippen LogP contribution in [-0.4, -0.2) is 9.97 Å². The van der Waals surface area contributed by atoms with E-state index in [1.54, 1.807) is 0 Å². The zero-order chi connectivity index (χ0) is 40.7. The van der Waals surface area contributed by atoms with E-state index in [2.05, 4.69) is 213 Å². The summed E-state index contributed by atoms with van der Waals surface area (Å²) >= 11 is 0. The molecule has 0 saturated heterocycles. The summed E-state index contributed by atoms with van der Waals surface area (Å²) in [6.45, 7) is 4.68. The third kappa shape index (κ3) is 5.67. The van der Waals surface area contributed by atoms with Crippen LogP contribution in [0.1, 0.15) is 25.0 Å². The summed E-state index contributed by atoms with van der Waals surface area (Å²) in [5.41, 5.74) is 14.7. The summed E-state index contributed by atoms with van der Waals surface area (Å²) in [7, 11) is 0. The molecule has 0 saturated carbocycles. The lowest BCUT2D eigenvalue weighted by atomic mass is 9.82. The summed E-state index contributed by atoms with van der Waals surface area (Å²) in [5.74, 6) is 0.662. The largest absolute Gasteiger partial charge is 0.454 e. The molecule has 4 nitrogen and oxygen atoms in total. The molecule has 1 aliphatic rings. The molecule has 0 amide bonds. The Labute approximate surface area is 354 Å². The van der Waals surface area contributed by atoms with E-state index >= 15 is 0 Å². The van der Waals surface area contributed by atoms with Gasteiger partial charge in [0.05, 0.1) is 17.1 Å². The van der Waals surface area contributed by atoms with Crippen LogP contribution in [-0.2, 0) is 5.41 Å². The van der Waals surface area contributed by atoms with Crippen molar-refractivity contribution in [3.63, 3.8) is 0 Å². The monoisotopic (exact) mass is 781 g/mol. The second kappa shape index (κ2) is 13.6. The molecule has 9 aromatic carbocycles. The van der Waals surface area contributed by atoms with Crippen molar-refractivity contribution in [3.8, 4) is 45.0 Å². The molecule has 2 aromatic heterocycles. The van der Waals surface area contributed by atoms with Gasteiger partial charge < -0.3 is 9.32 Å². The number of aromatic nitrogens is 2. The van der Waals surface area contributed by atoms with E-state index in [1.807, 2.05) is 6.07 Å². The van der Waals surface area contributed by atoms with Gasteiger partial charge in [-0.15, -0.1) is 0 Å². The van der Waals surface area contributed by atoms with Crippen LogP contribution in [0.5, 0.6) is 0 Å². The van der Waals surface area contributed by atoms with Crippen LogP contribution < -0.4 is 4.90 Å². The summed E-state index contributed by atoms with van der Waals surface area (Å²) in [6.07, 6.45) is 0. The molecule has 288 valence electrons. The lowest BCUT2D eigenvalue weighted by Crippen LogP contribution is -2.16. The normalized spacial score (nSPS) is 12.9. The van der Waals surface area contributed by atoms with Gasteiger partial charge in [0.2, 0.25) is 0 Å².